The molecule has 1 aromatic rings. The summed E-state index contributed by atoms with van der Waals surface area (Å²) in [7, 11) is 1.58. The maximum Gasteiger partial charge on any atom is 0.229 e. The second-order valence-corrected chi connectivity index (χ2v) is 4.78. The molecule has 1 rings (SSSR count). The predicted molar refractivity (Wildman–Crippen MR) is 78.4 cm³/mol. The molecule has 19 heavy (non-hydrogen) atoms. The minimum Gasteiger partial charge on any atom is -0.380 e. The highest BCUT2D eigenvalue weighted by Gasteiger charge is 2.18. The van der Waals surface area contributed by atoms with E-state index in [-0.39, 0.29) is 12.0 Å². The summed E-state index contributed by atoms with van der Waals surface area (Å²) in [5, 5.41) is 0. The van der Waals surface area contributed by atoms with Gasteiger partial charge in [-0.1, -0.05) is 6.07 Å². The average molecular weight is 264 g/mol. The van der Waals surface area contributed by atoms with Gasteiger partial charge < -0.3 is 15.4 Å². The minimum absolute atomic E-state index is 0.0461. The van der Waals surface area contributed by atoms with Gasteiger partial charge in [0.15, 0.2) is 0 Å². The molecule has 1 aromatic carbocycles. The summed E-state index contributed by atoms with van der Waals surface area (Å²) in [6, 6.07) is 6.15. The van der Waals surface area contributed by atoms with E-state index in [9.17, 15) is 4.79 Å². The number of ether oxygens (including phenoxy) is 1. The number of anilines is 1. The van der Waals surface area contributed by atoms with Gasteiger partial charge in [0, 0.05) is 25.9 Å². The van der Waals surface area contributed by atoms with Crippen LogP contribution in [0, 0.1) is 13.8 Å². The maximum atomic E-state index is 12.3. The molecular formula is C15H24N2O2. The van der Waals surface area contributed by atoms with Gasteiger partial charge >= 0.3 is 0 Å². The standard InChI is InChI=1S/C15H24N2O2/c1-5-17(15(18)9-14(10-16)19-4)13-7-11(2)6-12(3)8-13/h6-8,14H,5,9-10,16H2,1-4H3. The van der Waals surface area contributed by atoms with Gasteiger partial charge in [-0.15, -0.1) is 0 Å². The molecular weight excluding hydrogens is 240 g/mol. The van der Waals surface area contributed by atoms with Crippen LogP contribution in [0.3, 0.4) is 0 Å². The first kappa shape index (κ1) is 15.7. The molecule has 4 heteroatoms. The number of nitrogens with zero attached hydrogens (tertiary/aromatic N) is 1. The van der Waals surface area contributed by atoms with Crippen LogP contribution in [0.4, 0.5) is 5.69 Å². The maximum absolute atomic E-state index is 12.3. The van der Waals surface area contributed by atoms with Crippen LogP contribution in [0.15, 0.2) is 18.2 Å². The number of carbonyl (C=O) groups excluding carboxylic acids is 1. The van der Waals surface area contributed by atoms with Crippen molar-refractivity contribution in [3.05, 3.63) is 29.3 Å². The van der Waals surface area contributed by atoms with E-state index in [0.29, 0.717) is 19.5 Å². The molecule has 0 fully saturated rings. The number of nitrogens with two attached hydrogens (primary N) is 1. The molecule has 1 atom stereocenters. The molecule has 106 valence electrons. The van der Waals surface area contributed by atoms with Gasteiger partial charge in [-0.05, 0) is 44.0 Å². The smallest absolute Gasteiger partial charge is 0.229 e. The summed E-state index contributed by atoms with van der Waals surface area (Å²) < 4.78 is 5.18. The highest BCUT2D eigenvalue weighted by atomic mass is 16.5. The molecule has 0 bridgehead atoms. The Balaban J connectivity index is 2.90. The third kappa shape index (κ3) is 4.33. The minimum atomic E-state index is -0.215. The van der Waals surface area contributed by atoms with Crippen molar-refractivity contribution >= 4 is 11.6 Å². The Kier molecular flexibility index (Phi) is 5.99. The van der Waals surface area contributed by atoms with Gasteiger partial charge in [0.05, 0.1) is 12.5 Å². The van der Waals surface area contributed by atoms with E-state index in [0.717, 1.165) is 16.8 Å². The fourth-order valence-electron chi connectivity index (χ4n) is 2.18. The zero-order chi connectivity index (χ0) is 14.4. The van der Waals surface area contributed by atoms with Crippen LogP contribution in [0.5, 0.6) is 0 Å². The Bertz CT molecular complexity index is 408. The third-order valence-corrected chi connectivity index (χ3v) is 3.13. The second kappa shape index (κ2) is 7.26. The van der Waals surface area contributed by atoms with Gasteiger partial charge in [-0.3, -0.25) is 4.79 Å². The number of carbonyl (C=O) groups is 1. The van der Waals surface area contributed by atoms with E-state index in [4.69, 9.17) is 10.5 Å². The van der Waals surface area contributed by atoms with Crippen LogP contribution >= 0.6 is 0 Å². The van der Waals surface area contributed by atoms with Crippen molar-refractivity contribution in [1.82, 2.24) is 0 Å². The van der Waals surface area contributed by atoms with E-state index in [1.165, 1.54) is 0 Å². The Morgan fingerprint density at radius 3 is 2.32 bits per heavy atom. The number of hydrogen-bond donors (Lipinski definition) is 1. The van der Waals surface area contributed by atoms with E-state index < -0.39 is 0 Å². The summed E-state index contributed by atoms with van der Waals surface area (Å²) in [5.74, 6) is 0.0461. The molecule has 1 amide bonds. The van der Waals surface area contributed by atoms with Gasteiger partial charge in [0.25, 0.3) is 0 Å². The Morgan fingerprint density at radius 2 is 1.89 bits per heavy atom. The van der Waals surface area contributed by atoms with Crippen LogP contribution in [-0.2, 0) is 9.53 Å². The fourth-order valence-corrected chi connectivity index (χ4v) is 2.18. The van der Waals surface area contributed by atoms with Crippen LogP contribution in [0.1, 0.15) is 24.5 Å². The lowest BCUT2D eigenvalue weighted by molar-refractivity contribution is -0.120. The van der Waals surface area contributed by atoms with Crippen molar-refractivity contribution in [2.24, 2.45) is 5.73 Å². The van der Waals surface area contributed by atoms with Crippen LogP contribution in [0.25, 0.3) is 0 Å². The number of amides is 1. The van der Waals surface area contributed by atoms with Gasteiger partial charge in [-0.25, -0.2) is 0 Å². The lowest BCUT2D eigenvalue weighted by Gasteiger charge is -2.24. The highest BCUT2D eigenvalue weighted by molar-refractivity contribution is 5.93. The Morgan fingerprint density at radius 1 is 1.32 bits per heavy atom. The van der Waals surface area contributed by atoms with Gasteiger partial charge in [0.2, 0.25) is 5.91 Å². The summed E-state index contributed by atoms with van der Waals surface area (Å²) in [5.41, 5.74) is 8.82. The van der Waals surface area contributed by atoms with Crippen LogP contribution < -0.4 is 10.6 Å². The predicted octanol–water partition coefficient (Wildman–Crippen LogP) is 2.02. The van der Waals surface area contributed by atoms with Gasteiger partial charge in [-0.2, -0.15) is 0 Å². The van der Waals surface area contributed by atoms with Crippen molar-refractivity contribution in [3.8, 4) is 0 Å². The molecule has 0 aliphatic carbocycles. The van der Waals surface area contributed by atoms with E-state index in [1.807, 2.05) is 32.9 Å². The first-order valence-electron chi connectivity index (χ1n) is 6.63. The molecule has 0 spiro atoms. The Hall–Kier alpha value is -1.39. The Labute approximate surface area is 115 Å². The number of aryl methyl sites for hydroxylation is 2. The van der Waals surface area contributed by atoms with E-state index >= 15 is 0 Å². The van der Waals surface area contributed by atoms with Crippen LogP contribution in [0.2, 0.25) is 0 Å². The summed E-state index contributed by atoms with van der Waals surface area (Å²) in [4.78, 5) is 14.1. The monoisotopic (exact) mass is 264 g/mol. The lowest BCUT2D eigenvalue weighted by atomic mass is 10.1. The first-order valence-corrected chi connectivity index (χ1v) is 6.63. The zero-order valence-corrected chi connectivity index (χ0v) is 12.3. The van der Waals surface area contributed by atoms with E-state index in [2.05, 4.69) is 6.07 Å². The SMILES string of the molecule is CCN(C(=O)CC(CN)OC)c1cc(C)cc(C)c1. The second-order valence-electron chi connectivity index (χ2n) is 4.78. The molecule has 4 nitrogen and oxygen atoms in total. The molecule has 0 aliphatic rings. The summed E-state index contributed by atoms with van der Waals surface area (Å²) in [6.45, 7) is 7.04. The number of benzene rings is 1. The molecule has 0 saturated carbocycles. The number of hydrogen-bond acceptors (Lipinski definition) is 3. The molecule has 0 aliphatic heterocycles. The zero-order valence-electron chi connectivity index (χ0n) is 12.3. The molecule has 0 radical (unpaired) electrons. The largest absolute Gasteiger partial charge is 0.380 e. The average Bonchev–Trinajstić information content (AvgIpc) is 2.35. The highest BCUT2D eigenvalue weighted by Crippen LogP contribution is 2.20. The van der Waals surface area contributed by atoms with Gasteiger partial charge in [0.1, 0.15) is 0 Å². The number of rotatable bonds is 6. The number of methoxy groups -OCH3 is 1. The van der Waals surface area contributed by atoms with Crippen molar-refractivity contribution in [2.45, 2.75) is 33.3 Å². The van der Waals surface area contributed by atoms with Crippen molar-refractivity contribution in [1.29, 1.82) is 0 Å². The van der Waals surface area contributed by atoms with Crippen molar-refractivity contribution < 1.29 is 9.53 Å². The quantitative estimate of drug-likeness (QED) is 0.855. The lowest BCUT2D eigenvalue weighted by Crippen LogP contribution is -2.36. The topological polar surface area (TPSA) is 55.6 Å². The summed E-state index contributed by atoms with van der Waals surface area (Å²) in [6.07, 6.45) is 0.0980. The van der Waals surface area contributed by atoms with Crippen molar-refractivity contribution in [3.63, 3.8) is 0 Å². The van der Waals surface area contributed by atoms with Crippen molar-refractivity contribution in [2.75, 3.05) is 25.1 Å². The molecule has 0 aromatic heterocycles. The van der Waals surface area contributed by atoms with Crippen LogP contribution in [-0.4, -0.2) is 32.2 Å². The first-order chi connectivity index (χ1) is 9.01. The molecule has 1 unspecified atom stereocenters. The summed E-state index contributed by atoms with van der Waals surface area (Å²) >= 11 is 0. The normalized spacial score (nSPS) is 12.3. The molecule has 0 heterocycles. The molecule has 0 saturated heterocycles. The van der Waals surface area contributed by atoms with E-state index in [1.54, 1.807) is 12.0 Å². The molecule has 2 N–H and O–H groups in total. The third-order valence-electron chi connectivity index (χ3n) is 3.13. The fraction of sp³-hybridized carbons (Fsp3) is 0.533.